The zero-order valence-electron chi connectivity index (χ0n) is 19.2. The third-order valence-electron chi connectivity index (χ3n) is 5.48. The Hall–Kier alpha value is -4.04. The third kappa shape index (κ3) is 4.61. The molecule has 0 unspecified atom stereocenters. The summed E-state index contributed by atoms with van der Waals surface area (Å²) < 4.78 is 3.06. The second-order valence-corrected chi connectivity index (χ2v) is 7.49. The first-order valence-electron chi connectivity index (χ1n) is 10.2. The number of fused-ring (bicyclic) bond motifs is 2. The van der Waals surface area contributed by atoms with Gasteiger partial charge in [0.1, 0.15) is 0 Å². The predicted octanol–water partition coefficient (Wildman–Crippen LogP) is 2.91. The van der Waals surface area contributed by atoms with E-state index in [1.54, 1.807) is 24.7 Å². The summed E-state index contributed by atoms with van der Waals surface area (Å²) in [4.78, 5) is 51.7. The third-order valence-corrected chi connectivity index (χ3v) is 5.48. The molecule has 0 atom stereocenters. The Balaban J connectivity index is 0.000000189. The first-order chi connectivity index (χ1) is 15.7. The fourth-order valence-electron chi connectivity index (χ4n) is 3.54. The van der Waals surface area contributed by atoms with Crippen molar-refractivity contribution < 1.29 is 14.4 Å². The number of nitrogens with zero attached hydrogens (tertiary/aromatic N) is 3. The van der Waals surface area contributed by atoms with Gasteiger partial charge in [0.25, 0.3) is 17.0 Å². The van der Waals surface area contributed by atoms with Crippen LogP contribution < -0.4 is 11.1 Å². The van der Waals surface area contributed by atoms with Crippen molar-refractivity contribution in [2.24, 2.45) is 14.1 Å². The number of rotatable bonds is 3. The van der Waals surface area contributed by atoms with E-state index in [0.717, 1.165) is 26.9 Å². The lowest BCUT2D eigenvalue weighted by atomic mass is 10.1. The molecule has 2 aromatic heterocycles. The van der Waals surface area contributed by atoms with E-state index in [1.807, 2.05) is 42.5 Å². The molecule has 33 heavy (non-hydrogen) atoms. The van der Waals surface area contributed by atoms with E-state index in [1.165, 1.54) is 37.8 Å². The number of Topliss-reactive ketones (excluding diaryl/α,β-unsaturated/α-hetero) is 1. The number of aromatic nitrogens is 2. The highest BCUT2D eigenvalue weighted by Crippen LogP contribution is 2.18. The molecule has 0 radical (unpaired) electrons. The van der Waals surface area contributed by atoms with Gasteiger partial charge >= 0.3 is 0 Å². The summed E-state index contributed by atoms with van der Waals surface area (Å²) in [7, 11) is 6.29. The molecule has 0 fully saturated rings. The minimum Gasteiger partial charge on any atom is -0.311 e. The van der Waals surface area contributed by atoms with Crippen molar-refractivity contribution in [3.05, 3.63) is 92.5 Å². The van der Waals surface area contributed by atoms with Gasteiger partial charge in [-0.05, 0) is 19.1 Å². The van der Waals surface area contributed by atoms with Crippen LogP contribution in [0.25, 0.3) is 21.8 Å². The monoisotopic (exact) mass is 447 g/mol. The lowest BCUT2D eigenvalue weighted by Gasteiger charge is -2.15. The molecule has 0 aliphatic rings. The van der Waals surface area contributed by atoms with Crippen LogP contribution in [0.2, 0.25) is 0 Å². The topological polar surface area (TPSA) is 90.6 Å². The number of para-hydroxylation sites is 2. The van der Waals surface area contributed by atoms with E-state index in [-0.39, 0.29) is 22.8 Å². The van der Waals surface area contributed by atoms with Crippen LogP contribution in [0.15, 0.2) is 70.3 Å². The fraction of sp³-hybridized carbons (Fsp3) is 0.200. The number of ketones is 1. The number of carbonyl (C=O) groups is 2. The average molecular weight is 447 g/mol. The zero-order chi connectivity index (χ0) is 24.3. The maximum absolute atomic E-state index is 12.1. The molecule has 0 bridgehead atoms. The molecule has 8 nitrogen and oxygen atoms in total. The second kappa shape index (κ2) is 9.62. The van der Waals surface area contributed by atoms with E-state index in [4.69, 9.17) is 4.84 Å². The maximum atomic E-state index is 12.1. The molecule has 8 heteroatoms. The van der Waals surface area contributed by atoms with Gasteiger partial charge in [0, 0.05) is 49.6 Å². The summed E-state index contributed by atoms with van der Waals surface area (Å²) in [5.41, 5.74) is 1.97. The Labute approximate surface area is 190 Å². The molecular weight excluding hydrogens is 422 g/mol. The highest BCUT2D eigenvalue weighted by atomic mass is 16.7. The Morgan fingerprint density at radius 1 is 0.788 bits per heavy atom. The van der Waals surface area contributed by atoms with Gasteiger partial charge < -0.3 is 9.13 Å². The number of pyridine rings is 2. The van der Waals surface area contributed by atoms with Crippen molar-refractivity contribution in [2.75, 3.05) is 14.2 Å². The van der Waals surface area contributed by atoms with Crippen molar-refractivity contribution in [3.63, 3.8) is 0 Å². The molecular formula is C25H25N3O5. The Morgan fingerprint density at radius 2 is 1.21 bits per heavy atom. The normalized spacial score (nSPS) is 10.6. The molecule has 4 aromatic rings. The minimum absolute atomic E-state index is 0.0797. The first kappa shape index (κ1) is 23.6. The molecule has 0 N–H and O–H groups in total. The molecule has 0 saturated heterocycles. The van der Waals surface area contributed by atoms with Crippen LogP contribution in [-0.2, 0) is 18.9 Å². The Morgan fingerprint density at radius 3 is 1.67 bits per heavy atom. The average Bonchev–Trinajstić information content (AvgIpc) is 2.83. The molecule has 2 aromatic carbocycles. The van der Waals surface area contributed by atoms with Gasteiger partial charge in [0.2, 0.25) is 0 Å². The Kier molecular flexibility index (Phi) is 6.89. The predicted molar refractivity (Wildman–Crippen MR) is 127 cm³/mol. The highest BCUT2D eigenvalue weighted by Gasteiger charge is 2.16. The summed E-state index contributed by atoms with van der Waals surface area (Å²) in [5, 5.41) is 2.65. The number of benzene rings is 2. The fourth-order valence-corrected chi connectivity index (χ4v) is 3.54. The Bertz CT molecular complexity index is 1480. The van der Waals surface area contributed by atoms with Crippen molar-refractivity contribution in [3.8, 4) is 0 Å². The molecule has 0 aliphatic carbocycles. The van der Waals surface area contributed by atoms with Crippen molar-refractivity contribution in [1.82, 2.24) is 14.2 Å². The lowest BCUT2D eigenvalue weighted by molar-refractivity contribution is -0.0755. The summed E-state index contributed by atoms with van der Waals surface area (Å²) in [6, 6.07) is 17.4. The molecule has 0 saturated carbocycles. The van der Waals surface area contributed by atoms with Crippen LogP contribution in [0.1, 0.15) is 27.6 Å². The number of hydrogen-bond acceptors (Lipinski definition) is 5. The van der Waals surface area contributed by atoms with E-state index in [9.17, 15) is 19.2 Å². The number of amides is 1. The molecule has 4 rings (SSSR count). The van der Waals surface area contributed by atoms with E-state index < -0.39 is 0 Å². The van der Waals surface area contributed by atoms with Gasteiger partial charge in [-0.2, -0.15) is 0 Å². The number of hydroxylamine groups is 2. The van der Waals surface area contributed by atoms with Gasteiger partial charge in [-0.25, -0.2) is 5.06 Å². The smallest absolute Gasteiger partial charge is 0.278 e. The summed E-state index contributed by atoms with van der Waals surface area (Å²) in [6.45, 7) is 1.47. The van der Waals surface area contributed by atoms with Crippen LogP contribution in [0, 0.1) is 0 Å². The summed E-state index contributed by atoms with van der Waals surface area (Å²) in [5.74, 6) is -0.421. The molecule has 0 spiro atoms. The van der Waals surface area contributed by atoms with Crippen LogP contribution >= 0.6 is 0 Å². The largest absolute Gasteiger partial charge is 0.311 e. The lowest BCUT2D eigenvalue weighted by Crippen LogP contribution is -2.28. The first-order valence-corrected chi connectivity index (χ1v) is 10.2. The molecule has 0 aliphatic heterocycles. The number of hydrogen-bond donors (Lipinski definition) is 0. The van der Waals surface area contributed by atoms with Gasteiger partial charge in [0.15, 0.2) is 5.78 Å². The van der Waals surface area contributed by atoms with Gasteiger partial charge in [0.05, 0.1) is 23.7 Å². The van der Waals surface area contributed by atoms with Gasteiger partial charge in [-0.3, -0.25) is 24.0 Å². The van der Waals surface area contributed by atoms with Crippen molar-refractivity contribution >= 4 is 33.5 Å². The van der Waals surface area contributed by atoms with Crippen LogP contribution in [0.4, 0.5) is 0 Å². The number of aryl methyl sites for hydroxylation is 2. The maximum Gasteiger partial charge on any atom is 0.278 e. The minimum atomic E-state index is -0.341. The highest BCUT2D eigenvalue weighted by molar-refractivity contribution is 6.06. The quantitative estimate of drug-likeness (QED) is 0.356. The van der Waals surface area contributed by atoms with Crippen LogP contribution in [-0.4, -0.2) is 40.0 Å². The van der Waals surface area contributed by atoms with E-state index >= 15 is 0 Å². The summed E-state index contributed by atoms with van der Waals surface area (Å²) in [6.07, 6.45) is 0. The van der Waals surface area contributed by atoms with Gasteiger partial charge in [-0.1, -0.05) is 36.4 Å². The van der Waals surface area contributed by atoms with Crippen molar-refractivity contribution in [2.45, 2.75) is 6.92 Å². The summed E-state index contributed by atoms with van der Waals surface area (Å²) >= 11 is 0. The van der Waals surface area contributed by atoms with Crippen LogP contribution in [0.5, 0.6) is 0 Å². The second-order valence-electron chi connectivity index (χ2n) is 7.49. The van der Waals surface area contributed by atoms with E-state index in [0.29, 0.717) is 11.1 Å². The van der Waals surface area contributed by atoms with E-state index in [2.05, 4.69) is 0 Å². The standard InChI is InChI=1S/C13H14N2O3.C12H11NO2/c1-14-11-7-5-4-6-9(11)10(8-12(14)16)13(17)15(2)18-3;1-8(14)10-7-12(15)13(2)11-6-4-3-5-9(10)11/h4-8H,1-3H3;3-7H,1-2H3. The van der Waals surface area contributed by atoms with Gasteiger partial charge in [-0.15, -0.1) is 0 Å². The van der Waals surface area contributed by atoms with Crippen molar-refractivity contribution in [1.29, 1.82) is 0 Å². The molecule has 2 heterocycles. The molecule has 170 valence electrons. The number of carbonyl (C=O) groups excluding carboxylic acids is 2. The molecule has 1 amide bonds. The zero-order valence-corrected chi connectivity index (χ0v) is 19.2. The SMILES string of the molecule is CC(=O)c1cc(=O)n(C)c2ccccc12.CON(C)C(=O)c1cc(=O)n(C)c2ccccc12. The van der Waals surface area contributed by atoms with Crippen LogP contribution in [0.3, 0.4) is 0 Å².